The molecule has 94 valence electrons. The fourth-order valence-corrected chi connectivity index (χ4v) is 1.86. The third-order valence-electron chi connectivity index (χ3n) is 3.31. The van der Waals surface area contributed by atoms with Gasteiger partial charge >= 0.3 is 0 Å². The first-order valence-corrected chi connectivity index (χ1v) is 5.97. The lowest BCUT2D eigenvalue weighted by molar-refractivity contribution is -0.925. The van der Waals surface area contributed by atoms with Crippen molar-refractivity contribution in [3.05, 3.63) is 12.7 Å². The minimum absolute atomic E-state index is 0.235. The smallest absolute Gasteiger partial charge is 0.243 e. The summed E-state index contributed by atoms with van der Waals surface area (Å²) in [7, 11) is 0. The molecule has 0 bridgehead atoms. The molecule has 0 saturated heterocycles. The molecule has 0 saturated carbocycles. The lowest BCUT2D eigenvalue weighted by Gasteiger charge is -2.37. The van der Waals surface area contributed by atoms with Crippen molar-refractivity contribution in [3.8, 4) is 0 Å². The molecular formula is C12H25N2O2+. The van der Waals surface area contributed by atoms with Gasteiger partial charge < -0.3 is 14.9 Å². The van der Waals surface area contributed by atoms with Crippen molar-refractivity contribution in [2.75, 3.05) is 32.7 Å². The fourth-order valence-electron chi connectivity index (χ4n) is 1.86. The van der Waals surface area contributed by atoms with Crippen molar-refractivity contribution >= 4 is 5.91 Å². The van der Waals surface area contributed by atoms with Crippen LogP contribution in [0.4, 0.5) is 0 Å². The van der Waals surface area contributed by atoms with E-state index in [0.29, 0.717) is 13.1 Å². The summed E-state index contributed by atoms with van der Waals surface area (Å²) in [4.78, 5) is 10.9. The molecular weight excluding hydrogens is 204 g/mol. The van der Waals surface area contributed by atoms with Crippen LogP contribution in [0.1, 0.15) is 20.8 Å². The SMILES string of the molecule is C=CC(=O)NCC(O)C[N+](CC)(CC)CC. The highest BCUT2D eigenvalue weighted by molar-refractivity contribution is 5.86. The number of nitrogens with one attached hydrogen (secondary N) is 1. The van der Waals surface area contributed by atoms with Gasteiger partial charge in [0.25, 0.3) is 0 Å². The molecule has 1 amide bonds. The van der Waals surface area contributed by atoms with Gasteiger partial charge in [0.1, 0.15) is 12.6 Å². The molecule has 0 aliphatic carbocycles. The molecule has 0 aromatic carbocycles. The fraction of sp³-hybridized carbons (Fsp3) is 0.750. The molecule has 0 aliphatic heterocycles. The van der Waals surface area contributed by atoms with Crippen molar-refractivity contribution < 1.29 is 14.4 Å². The highest BCUT2D eigenvalue weighted by Gasteiger charge is 2.24. The first-order valence-electron chi connectivity index (χ1n) is 5.97. The number of likely N-dealkylation sites (N-methyl/N-ethyl adjacent to an activating group) is 1. The van der Waals surface area contributed by atoms with Crippen molar-refractivity contribution in [2.24, 2.45) is 0 Å². The second-order valence-electron chi connectivity index (χ2n) is 4.08. The number of hydrogen-bond acceptors (Lipinski definition) is 2. The van der Waals surface area contributed by atoms with E-state index < -0.39 is 6.10 Å². The van der Waals surface area contributed by atoms with Crippen LogP contribution in [-0.2, 0) is 4.79 Å². The molecule has 4 nitrogen and oxygen atoms in total. The molecule has 0 heterocycles. The third-order valence-corrected chi connectivity index (χ3v) is 3.31. The maximum absolute atomic E-state index is 10.9. The van der Waals surface area contributed by atoms with E-state index in [4.69, 9.17) is 0 Å². The molecule has 0 aromatic heterocycles. The summed E-state index contributed by atoms with van der Waals surface area (Å²) in [5, 5.41) is 12.5. The van der Waals surface area contributed by atoms with E-state index in [1.54, 1.807) is 0 Å². The predicted octanol–water partition coefficient (Wildman–Crippen LogP) is 0.526. The molecule has 0 rings (SSSR count). The minimum atomic E-state index is -0.497. The summed E-state index contributed by atoms with van der Waals surface area (Å²) in [5.74, 6) is -0.235. The number of rotatable bonds is 8. The van der Waals surface area contributed by atoms with Crippen LogP contribution in [0.2, 0.25) is 0 Å². The van der Waals surface area contributed by atoms with E-state index in [9.17, 15) is 9.90 Å². The number of carbonyl (C=O) groups excluding carboxylic acids is 1. The van der Waals surface area contributed by atoms with Gasteiger partial charge in [0.05, 0.1) is 19.6 Å². The quantitative estimate of drug-likeness (QED) is 0.471. The van der Waals surface area contributed by atoms with E-state index in [1.807, 2.05) is 0 Å². The monoisotopic (exact) mass is 229 g/mol. The molecule has 0 fully saturated rings. The average molecular weight is 229 g/mol. The second-order valence-corrected chi connectivity index (χ2v) is 4.08. The van der Waals surface area contributed by atoms with Gasteiger partial charge in [0.15, 0.2) is 0 Å². The van der Waals surface area contributed by atoms with E-state index in [1.165, 1.54) is 6.08 Å². The highest BCUT2D eigenvalue weighted by Crippen LogP contribution is 2.07. The maximum atomic E-state index is 10.9. The zero-order valence-electron chi connectivity index (χ0n) is 10.7. The van der Waals surface area contributed by atoms with Crippen LogP contribution in [0.5, 0.6) is 0 Å². The average Bonchev–Trinajstić information content (AvgIpc) is 2.33. The first-order chi connectivity index (χ1) is 7.53. The molecule has 1 unspecified atom stereocenters. The Balaban J connectivity index is 4.14. The Hall–Kier alpha value is -0.870. The van der Waals surface area contributed by atoms with E-state index in [2.05, 4.69) is 32.7 Å². The number of nitrogens with zero attached hydrogens (tertiary/aromatic N) is 1. The van der Waals surface area contributed by atoms with Crippen LogP contribution >= 0.6 is 0 Å². The van der Waals surface area contributed by atoms with Gasteiger partial charge in [-0.2, -0.15) is 0 Å². The minimum Gasteiger partial charge on any atom is -0.385 e. The standard InChI is InChI=1S/C12H24N2O2/c1-5-12(16)13-9-11(15)10-14(6-2,7-3)8-4/h5,11,15H,1,6-10H2,2-4H3/p+1. The lowest BCUT2D eigenvalue weighted by Crippen LogP contribution is -2.53. The number of carbonyl (C=O) groups is 1. The highest BCUT2D eigenvalue weighted by atomic mass is 16.3. The summed E-state index contributed by atoms with van der Waals surface area (Å²) >= 11 is 0. The summed E-state index contributed by atoms with van der Waals surface area (Å²) < 4.78 is 0.880. The largest absolute Gasteiger partial charge is 0.385 e. The molecule has 0 aromatic rings. The maximum Gasteiger partial charge on any atom is 0.243 e. The summed E-state index contributed by atoms with van der Waals surface area (Å²) in [6.07, 6.45) is 0.720. The van der Waals surface area contributed by atoms with Crippen LogP contribution in [0.25, 0.3) is 0 Å². The van der Waals surface area contributed by atoms with Crippen LogP contribution in [0.15, 0.2) is 12.7 Å². The molecule has 0 spiro atoms. The van der Waals surface area contributed by atoms with Crippen LogP contribution < -0.4 is 5.32 Å². The number of quaternary nitrogens is 1. The van der Waals surface area contributed by atoms with E-state index >= 15 is 0 Å². The number of aliphatic hydroxyl groups is 1. The number of amides is 1. The van der Waals surface area contributed by atoms with Gasteiger partial charge in [0.2, 0.25) is 5.91 Å². The lowest BCUT2D eigenvalue weighted by atomic mass is 10.2. The van der Waals surface area contributed by atoms with Gasteiger partial charge in [0, 0.05) is 6.54 Å². The van der Waals surface area contributed by atoms with Crippen molar-refractivity contribution in [2.45, 2.75) is 26.9 Å². The normalized spacial score (nSPS) is 13.2. The summed E-state index contributed by atoms with van der Waals surface area (Å²) in [5.41, 5.74) is 0. The van der Waals surface area contributed by atoms with Crippen LogP contribution in [-0.4, -0.2) is 54.3 Å². The topological polar surface area (TPSA) is 49.3 Å². The van der Waals surface area contributed by atoms with Gasteiger partial charge in [-0.05, 0) is 26.8 Å². The molecule has 2 N–H and O–H groups in total. The van der Waals surface area contributed by atoms with Gasteiger partial charge in [-0.1, -0.05) is 6.58 Å². The Bertz CT molecular complexity index is 217. The predicted molar refractivity (Wildman–Crippen MR) is 66.0 cm³/mol. The van der Waals surface area contributed by atoms with Crippen LogP contribution in [0, 0.1) is 0 Å². The van der Waals surface area contributed by atoms with E-state index in [0.717, 1.165) is 24.1 Å². The molecule has 1 atom stereocenters. The Morgan fingerprint density at radius 1 is 1.38 bits per heavy atom. The Morgan fingerprint density at radius 2 is 1.88 bits per heavy atom. The number of aliphatic hydroxyl groups excluding tert-OH is 1. The van der Waals surface area contributed by atoms with E-state index in [-0.39, 0.29) is 5.91 Å². The summed E-state index contributed by atoms with van der Waals surface area (Å²) in [6, 6.07) is 0. The van der Waals surface area contributed by atoms with Crippen molar-refractivity contribution in [1.82, 2.24) is 5.32 Å². The molecule has 0 radical (unpaired) electrons. The van der Waals surface area contributed by atoms with Gasteiger partial charge in [-0.15, -0.1) is 0 Å². The van der Waals surface area contributed by atoms with Crippen molar-refractivity contribution in [3.63, 3.8) is 0 Å². The Kier molecular flexibility index (Phi) is 7.01. The van der Waals surface area contributed by atoms with Gasteiger partial charge in [-0.25, -0.2) is 0 Å². The zero-order valence-corrected chi connectivity index (χ0v) is 10.7. The second kappa shape index (κ2) is 7.41. The Labute approximate surface area is 98.5 Å². The third kappa shape index (κ3) is 4.77. The van der Waals surface area contributed by atoms with Crippen molar-refractivity contribution in [1.29, 1.82) is 0 Å². The summed E-state index contributed by atoms with van der Waals surface area (Å²) in [6.45, 7) is 13.7. The molecule has 16 heavy (non-hydrogen) atoms. The zero-order chi connectivity index (χ0) is 12.6. The van der Waals surface area contributed by atoms with Crippen LogP contribution in [0.3, 0.4) is 0 Å². The Morgan fingerprint density at radius 3 is 2.25 bits per heavy atom. The van der Waals surface area contributed by atoms with Gasteiger partial charge in [-0.3, -0.25) is 4.79 Å². The molecule has 4 heteroatoms. The first kappa shape index (κ1) is 15.1. The number of hydrogen-bond donors (Lipinski definition) is 2. The molecule has 0 aliphatic rings.